The van der Waals surface area contributed by atoms with Crippen molar-refractivity contribution < 1.29 is 13.2 Å². The predicted molar refractivity (Wildman–Crippen MR) is 70.7 cm³/mol. The molecule has 1 aromatic heterocycles. The Hall–Kier alpha value is -1.95. The summed E-state index contributed by atoms with van der Waals surface area (Å²) in [6.07, 6.45) is -3.76. The fourth-order valence-corrected chi connectivity index (χ4v) is 1.98. The summed E-state index contributed by atoms with van der Waals surface area (Å²) in [4.78, 5) is 11.6. The number of alkyl halides is 3. The normalized spacial score (nSPS) is 11.6. The highest BCUT2D eigenvalue weighted by Gasteiger charge is 2.31. The molecule has 2 rings (SSSR count). The lowest BCUT2D eigenvalue weighted by molar-refractivity contribution is -0.138. The number of benzene rings is 1. The lowest BCUT2D eigenvalue weighted by atomic mass is 10.1. The Kier molecular flexibility index (Phi) is 3.76. The van der Waals surface area contributed by atoms with Crippen LogP contribution in [0.1, 0.15) is 11.1 Å². The van der Waals surface area contributed by atoms with Gasteiger partial charge < -0.3 is 10.3 Å². The topological polar surface area (TPSA) is 48.0 Å². The number of nitrogens with two attached hydrogens (primary N) is 1. The maximum Gasteiger partial charge on any atom is 0.417 e. The quantitative estimate of drug-likeness (QED) is 0.866. The van der Waals surface area contributed by atoms with Crippen molar-refractivity contribution in [2.75, 3.05) is 5.73 Å². The van der Waals surface area contributed by atoms with Crippen LogP contribution in [0.5, 0.6) is 0 Å². The summed E-state index contributed by atoms with van der Waals surface area (Å²) in [5, 5.41) is 0.300. The van der Waals surface area contributed by atoms with Crippen LogP contribution in [0.25, 0.3) is 0 Å². The van der Waals surface area contributed by atoms with Gasteiger partial charge in [0, 0.05) is 28.5 Å². The first-order chi connectivity index (χ1) is 9.29. The monoisotopic (exact) mass is 302 g/mol. The molecule has 7 heteroatoms. The molecular formula is C13H10ClF3N2O. The van der Waals surface area contributed by atoms with Crippen LogP contribution in [-0.4, -0.2) is 4.57 Å². The molecule has 0 spiro atoms. The van der Waals surface area contributed by atoms with Gasteiger partial charge in [-0.05, 0) is 18.2 Å². The van der Waals surface area contributed by atoms with Gasteiger partial charge >= 0.3 is 6.18 Å². The molecule has 0 aliphatic heterocycles. The van der Waals surface area contributed by atoms with Crippen molar-refractivity contribution in [3.63, 3.8) is 0 Å². The van der Waals surface area contributed by atoms with Crippen LogP contribution in [0.4, 0.5) is 18.9 Å². The molecule has 1 aromatic carbocycles. The van der Waals surface area contributed by atoms with Crippen LogP contribution in [0.2, 0.25) is 5.02 Å². The lowest BCUT2D eigenvalue weighted by Gasteiger charge is -2.13. The van der Waals surface area contributed by atoms with E-state index in [0.29, 0.717) is 16.3 Å². The summed E-state index contributed by atoms with van der Waals surface area (Å²) in [6, 6.07) is 6.37. The molecule has 0 radical (unpaired) electrons. The summed E-state index contributed by atoms with van der Waals surface area (Å²) in [6.45, 7) is -0.117. The molecule has 0 aliphatic rings. The van der Waals surface area contributed by atoms with Gasteiger partial charge in [0.1, 0.15) is 0 Å². The van der Waals surface area contributed by atoms with E-state index in [1.54, 1.807) is 18.2 Å². The van der Waals surface area contributed by atoms with Crippen molar-refractivity contribution in [1.29, 1.82) is 0 Å². The molecule has 0 unspecified atom stereocenters. The average molecular weight is 303 g/mol. The molecule has 0 atom stereocenters. The van der Waals surface area contributed by atoms with Gasteiger partial charge in [-0.1, -0.05) is 17.7 Å². The van der Waals surface area contributed by atoms with Crippen LogP contribution in [0.3, 0.4) is 0 Å². The van der Waals surface area contributed by atoms with Gasteiger partial charge in [0.25, 0.3) is 5.56 Å². The predicted octanol–water partition coefficient (Wildman–Crippen LogP) is 3.15. The van der Waals surface area contributed by atoms with Crippen LogP contribution in [-0.2, 0) is 12.7 Å². The van der Waals surface area contributed by atoms with Gasteiger partial charge in [-0.25, -0.2) is 0 Å². The second kappa shape index (κ2) is 5.20. The SMILES string of the molecule is Nc1cccc(Cl)c1Cn1cc(C(F)(F)F)ccc1=O. The number of nitrogen functional groups attached to an aromatic ring is 1. The second-order valence-electron chi connectivity index (χ2n) is 4.19. The number of rotatable bonds is 2. The zero-order valence-electron chi connectivity index (χ0n) is 10.1. The van der Waals surface area contributed by atoms with Crippen LogP contribution >= 0.6 is 11.6 Å². The van der Waals surface area contributed by atoms with Gasteiger partial charge in [-0.15, -0.1) is 0 Å². The van der Waals surface area contributed by atoms with E-state index >= 15 is 0 Å². The van der Waals surface area contributed by atoms with Gasteiger partial charge in [0.05, 0.1) is 12.1 Å². The van der Waals surface area contributed by atoms with E-state index in [0.717, 1.165) is 22.9 Å². The first-order valence-corrected chi connectivity index (χ1v) is 5.97. The maximum absolute atomic E-state index is 12.6. The highest BCUT2D eigenvalue weighted by Crippen LogP contribution is 2.28. The van der Waals surface area contributed by atoms with Crippen LogP contribution in [0.15, 0.2) is 41.3 Å². The first kappa shape index (κ1) is 14.5. The molecule has 20 heavy (non-hydrogen) atoms. The van der Waals surface area contributed by atoms with E-state index in [-0.39, 0.29) is 6.54 Å². The van der Waals surface area contributed by atoms with Gasteiger partial charge in [0.15, 0.2) is 0 Å². The highest BCUT2D eigenvalue weighted by molar-refractivity contribution is 6.31. The molecule has 0 amide bonds. The van der Waals surface area contributed by atoms with Gasteiger partial charge in [0.2, 0.25) is 0 Å². The molecule has 0 saturated carbocycles. The third-order valence-electron chi connectivity index (χ3n) is 2.79. The Morgan fingerprint density at radius 3 is 2.50 bits per heavy atom. The Bertz CT molecular complexity index is 674. The molecule has 0 bridgehead atoms. The van der Waals surface area contributed by atoms with Crippen molar-refractivity contribution in [2.45, 2.75) is 12.7 Å². The molecule has 2 N–H and O–H groups in total. The maximum atomic E-state index is 12.6. The molecule has 0 saturated heterocycles. The fraction of sp³-hybridized carbons (Fsp3) is 0.154. The Morgan fingerprint density at radius 2 is 1.90 bits per heavy atom. The summed E-state index contributed by atoms with van der Waals surface area (Å²) in [7, 11) is 0. The third-order valence-corrected chi connectivity index (χ3v) is 3.15. The smallest absolute Gasteiger partial charge is 0.398 e. The van der Waals surface area contributed by atoms with E-state index in [9.17, 15) is 18.0 Å². The van der Waals surface area contributed by atoms with Gasteiger partial charge in [-0.3, -0.25) is 4.79 Å². The summed E-state index contributed by atoms with van der Waals surface area (Å²) in [5.74, 6) is 0. The number of nitrogens with zero attached hydrogens (tertiary/aromatic N) is 1. The van der Waals surface area contributed by atoms with E-state index in [1.165, 1.54) is 0 Å². The number of pyridine rings is 1. The van der Waals surface area contributed by atoms with E-state index in [1.807, 2.05) is 0 Å². The van der Waals surface area contributed by atoms with Crippen molar-refractivity contribution >= 4 is 17.3 Å². The molecule has 0 aliphatic carbocycles. The van der Waals surface area contributed by atoms with Crippen molar-refractivity contribution in [3.05, 3.63) is 63.0 Å². The summed E-state index contributed by atoms with van der Waals surface area (Å²) < 4.78 is 38.8. The van der Waals surface area contributed by atoms with E-state index < -0.39 is 17.3 Å². The standard InChI is InChI=1S/C13H10ClF3N2O/c14-10-2-1-3-11(18)9(10)7-19-6-8(13(15,16)17)4-5-12(19)20/h1-6H,7,18H2. The molecule has 3 nitrogen and oxygen atoms in total. The molecule has 0 fully saturated rings. The number of anilines is 1. The van der Waals surface area contributed by atoms with Crippen LogP contribution in [0, 0.1) is 0 Å². The fourth-order valence-electron chi connectivity index (χ4n) is 1.74. The largest absolute Gasteiger partial charge is 0.417 e. The number of halogens is 4. The highest BCUT2D eigenvalue weighted by atomic mass is 35.5. The third kappa shape index (κ3) is 2.96. The van der Waals surface area contributed by atoms with E-state index in [4.69, 9.17) is 17.3 Å². The minimum atomic E-state index is -4.51. The van der Waals surface area contributed by atoms with E-state index in [2.05, 4.69) is 0 Å². The minimum Gasteiger partial charge on any atom is -0.398 e. The molecule has 2 aromatic rings. The van der Waals surface area contributed by atoms with Crippen molar-refractivity contribution in [3.8, 4) is 0 Å². The first-order valence-electron chi connectivity index (χ1n) is 5.59. The van der Waals surface area contributed by atoms with Crippen LogP contribution < -0.4 is 11.3 Å². The number of aromatic nitrogens is 1. The average Bonchev–Trinajstić information content (AvgIpc) is 2.34. The second-order valence-corrected chi connectivity index (χ2v) is 4.60. The number of hydrogen-bond acceptors (Lipinski definition) is 2. The van der Waals surface area contributed by atoms with Gasteiger partial charge in [-0.2, -0.15) is 13.2 Å². The van der Waals surface area contributed by atoms with Crippen molar-refractivity contribution in [2.24, 2.45) is 0 Å². The number of hydrogen-bond donors (Lipinski definition) is 1. The zero-order chi connectivity index (χ0) is 14.9. The zero-order valence-corrected chi connectivity index (χ0v) is 10.9. The molecule has 1 heterocycles. The Morgan fingerprint density at radius 1 is 1.20 bits per heavy atom. The summed E-state index contributed by atoms with van der Waals surface area (Å²) >= 11 is 5.94. The molecule has 106 valence electrons. The lowest BCUT2D eigenvalue weighted by Crippen LogP contribution is -2.22. The van der Waals surface area contributed by atoms with Crippen molar-refractivity contribution in [1.82, 2.24) is 4.57 Å². The minimum absolute atomic E-state index is 0.117. The summed E-state index contributed by atoms with van der Waals surface area (Å²) in [5.41, 5.74) is 5.00. The molecular weight excluding hydrogens is 293 g/mol. The Balaban J connectivity index is 2.46. The Labute approximate surface area is 117 Å².